The molecule has 3 aromatic rings. The predicted molar refractivity (Wildman–Crippen MR) is 120 cm³/mol. The number of aromatic nitrogens is 6. The minimum absolute atomic E-state index is 0.137. The molecule has 0 amide bonds. The molecule has 2 aliphatic heterocycles. The first-order valence-corrected chi connectivity index (χ1v) is 13.0. The number of sulfonamides is 1. The Balaban J connectivity index is 1.32. The number of fused-ring (bicyclic) bond motifs is 3. The molecule has 1 aliphatic carbocycles. The lowest BCUT2D eigenvalue weighted by molar-refractivity contribution is 0.331. The Hall–Kier alpha value is -2.73. The van der Waals surface area contributed by atoms with Crippen LogP contribution in [0.5, 0.6) is 0 Å². The fraction of sp³-hybridized carbons (Fsp3) is 0.600. The molecule has 11 nitrogen and oxygen atoms in total. The van der Waals surface area contributed by atoms with Crippen molar-refractivity contribution in [3.63, 3.8) is 0 Å². The molecule has 2 saturated heterocycles. The average molecular weight is 458 g/mol. The monoisotopic (exact) mass is 457 g/mol. The summed E-state index contributed by atoms with van der Waals surface area (Å²) in [5.41, 5.74) is 2.49. The van der Waals surface area contributed by atoms with Crippen molar-refractivity contribution in [2.45, 2.75) is 44.2 Å². The van der Waals surface area contributed by atoms with Crippen molar-refractivity contribution in [1.29, 1.82) is 0 Å². The highest BCUT2D eigenvalue weighted by molar-refractivity contribution is 7.88. The smallest absolute Gasteiger partial charge is 0.243 e. The van der Waals surface area contributed by atoms with Crippen molar-refractivity contribution in [3.8, 4) is 11.3 Å². The van der Waals surface area contributed by atoms with Crippen LogP contribution in [0.15, 0.2) is 18.6 Å². The molecule has 3 aromatic heterocycles. The minimum atomic E-state index is -3.14. The number of anilines is 2. The summed E-state index contributed by atoms with van der Waals surface area (Å²) >= 11 is 0. The largest absolute Gasteiger partial charge is 0.351 e. The summed E-state index contributed by atoms with van der Waals surface area (Å²) < 4.78 is 27.0. The lowest BCUT2D eigenvalue weighted by atomic mass is 10.1. The molecule has 0 radical (unpaired) electrons. The number of H-pyrrole nitrogens is 1. The molecule has 170 valence electrons. The summed E-state index contributed by atoms with van der Waals surface area (Å²) in [6.45, 7) is 2.04. The van der Waals surface area contributed by atoms with E-state index in [2.05, 4.69) is 25.4 Å². The molecule has 6 rings (SSSR count). The molecule has 0 spiro atoms. The van der Waals surface area contributed by atoms with Gasteiger partial charge in [-0.15, -0.1) is 5.10 Å². The number of aromatic amines is 1. The highest BCUT2D eigenvalue weighted by Crippen LogP contribution is 2.42. The fourth-order valence-electron chi connectivity index (χ4n) is 5.45. The summed E-state index contributed by atoms with van der Waals surface area (Å²) in [5, 5.41) is 15.2. The van der Waals surface area contributed by atoms with Crippen molar-refractivity contribution in [3.05, 3.63) is 18.6 Å². The molecular weight excluding hydrogens is 430 g/mol. The zero-order valence-electron chi connectivity index (χ0n) is 18.0. The molecule has 1 saturated carbocycles. The Morgan fingerprint density at radius 3 is 2.66 bits per heavy atom. The molecule has 2 N–H and O–H groups in total. The van der Waals surface area contributed by atoms with Gasteiger partial charge in [0.2, 0.25) is 16.0 Å². The molecule has 5 heterocycles. The maximum Gasteiger partial charge on any atom is 0.243 e. The summed E-state index contributed by atoms with van der Waals surface area (Å²) in [4.78, 5) is 11.9. The van der Waals surface area contributed by atoms with Gasteiger partial charge in [-0.05, 0) is 38.0 Å². The second kappa shape index (κ2) is 7.41. The van der Waals surface area contributed by atoms with Crippen LogP contribution in [0.1, 0.15) is 32.1 Å². The summed E-state index contributed by atoms with van der Waals surface area (Å²) in [5.74, 6) is 2.26. The lowest BCUT2D eigenvalue weighted by Gasteiger charge is -2.30. The molecule has 2 atom stereocenters. The minimum Gasteiger partial charge on any atom is -0.351 e. The van der Waals surface area contributed by atoms with Gasteiger partial charge < -0.3 is 10.2 Å². The lowest BCUT2D eigenvalue weighted by Crippen LogP contribution is -2.42. The van der Waals surface area contributed by atoms with E-state index in [-0.39, 0.29) is 6.04 Å². The molecule has 3 fully saturated rings. The Morgan fingerprint density at radius 2 is 2.00 bits per heavy atom. The number of nitrogens with zero attached hydrogens (tertiary/aromatic N) is 7. The first-order chi connectivity index (χ1) is 15.5. The van der Waals surface area contributed by atoms with Gasteiger partial charge in [0.05, 0.1) is 18.6 Å². The van der Waals surface area contributed by atoms with Crippen LogP contribution in [0.3, 0.4) is 0 Å². The van der Waals surface area contributed by atoms with E-state index in [4.69, 9.17) is 10.1 Å². The van der Waals surface area contributed by atoms with Crippen LogP contribution < -0.4 is 10.2 Å². The summed E-state index contributed by atoms with van der Waals surface area (Å²) in [6, 6.07) is 0.650. The molecule has 3 aliphatic rings. The Labute approximate surface area is 186 Å². The number of piperidine rings is 2. The normalized spacial score (nSPS) is 24.6. The van der Waals surface area contributed by atoms with Gasteiger partial charge in [0, 0.05) is 43.5 Å². The van der Waals surface area contributed by atoms with Crippen LogP contribution in [0, 0.1) is 5.92 Å². The van der Waals surface area contributed by atoms with Crippen LogP contribution in [-0.4, -0.2) is 80.5 Å². The number of hydrogen-bond acceptors (Lipinski definition) is 8. The maximum atomic E-state index is 11.8. The van der Waals surface area contributed by atoms with E-state index in [0.717, 1.165) is 42.4 Å². The van der Waals surface area contributed by atoms with E-state index in [1.165, 1.54) is 29.8 Å². The van der Waals surface area contributed by atoms with Crippen LogP contribution in [0.25, 0.3) is 16.9 Å². The third-order valence-electron chi connectivity index (χ3n) is 7.06. The molecule has 2 bridgehead atoms. The van der Waals surface area contributed by atoms with E-state index < -0.39 is 10.0 Å². The van der Waals surface area contributed by atoms with E-state index in [0.29, 0.717) is 30.7 Å². The van der Waals surface area contributed by atoms with Gasteiger partial charge in [-0.3, -0.25) is 5.10 Å². The van der Waals surface area contributed by atoms with E-state index in [9.17, 15) is 8.42 Å². The SMILES string of the molecule is CS(=O)(=O)N1CCC(Nc2nc3cnc(-c4cn[nH]c4)c(N4CC5CCC4C5)n3n2)CC1. The van der Waals surface area contributed by atoms with Crippen molar-refractivity contribution in [1.82, 2.24) is 34.1 Å². The molecular formula is C20H27N9O2S. The van der Waals surface area contributed by atoms with Gasteiger partial charge >= 0.3 is 0 Å². The van der Waals surface area contributed by atoms with Crippen molar-refractivity contribution >= 4 is 27.4 Å². The summed E-state index contributed by atoms with van der Waals surface area (Å²) in [7, 11) is -3.14. The predicted octanol–water partition coefficient (Wildman–Crippen LogP) is 1.34. The molecule has 32 heavy (non-hydrogen) atoms. The highest BCUT2D eigenvalue weighted by Gasteiger charge is 2.40. The highest BCUT2D eigenvalue weighted by atomic mass is 32.2. The van der Waals surface area contributed by atoms with E-state index in [1.807, 2.05) is 10.7 Å². The van der Waals surface area contributed by atoms with Gasteiger partial charge in [0.1, 0.15) is 5.69 Å². The van der Waals surface area contributed by atoms with Gasteiger partial charge in [0.15, 0.2) is 11.5 Å². The fourth-order valence-corrected chi connectivity index (χ4v) is 6.32. The Bertz CT molecular complexity index is 1230. The van der Waals surface area contributed by atoms with Crippen LogP contribution in [-0.2, 0) is 10.0 Å². The Morgan fingerprint density at radius 1 is 1.16 bits per heavy atom. The molecule has 0 aromatic carbocycles. The van der Waals surface area contributed by atoms with Crippen molar-refractivity contribution in [2.24, 2.45) is 5.92 Å². The topological polar surface area (TPSA) is 124 Å². The van der Waals surface area contributed by atoms with Gasteiger partial charge in [-0.2, -0.15) is 14.6 Å². The van der Waals surface area contributed by atoms with Gasteiger partial charge in [0.25, 0.3) is 0 Å². The van der Waals surface area contributed by atoms with Crippen LogP contribution in [0.2, 0.25) is 0 Å². The number of rotatable bonds is 5. The number of hydrogen-bond donors (Lipinski definition) is 2. The van der Waals surface area contributed by atoms with E-state index >= 15 is 0 Å². The zero-order valence-corrected chi connectivity index (χ0v) is 18.8. The molecule has 12 heteroatoms. The zero-order chi connectivity index (χ0) is 21.9. The average Bonchev–Trinajstić information content (AvgIpc) is 3.56. The third kappa shape index (κ3) is 3.41. The van der Waals surface area contributed by atoms with Crippen molar-refractivity contribution in [2.75, 3.05) is 36.1 Å². The second-order valence-electron chi connectivity index (χ2n) is 9.19. The van der Waals surface area contributed by atoms with Crippen molar-refractivity contribution < 1.29 is 8.42 Å². The quantitative estimate of drug-likeness (QED) is 0.588. The van der Waals surface area contributed by atoms with Gasteiger partial charge in [-0.25, -0.2) is 17.7 Å². The first-order valence-electron chi connectivity index (χ1n) is 11.2. The summed E-state index contributed by atoms with van der Waals surface area (Å²) in [6.07, 6.45) is 11.8. The van der Waals surface area contributed by atoms with Crippen LogP contribution >= 0.6 is 0 Å². The van der Waals surface area contributed by atoms with Crippen LogP contribution in [0.4, 0.5) is 11.8 Å². The first kappa shape index (κ1) is 19.9. The van der Waals surface area contributed by atoms with E-state index in [1.54, 1.807) is 12.4 Å². The second-order valence-corrected chi connectivity index (χ2v) is 11.2. The maximum absolute atomic E-state index is 11.8. The number of nitrogens with one attached hydrogen (secondary N) is 2. The standard InChI is InChI=1S/C20H27N9O2S/c1-32(30,31)27-6-4-15(5-7-27)24-20-25-17-11-21-18(14-9-22-23-10-14)19(29(17)26-20)28-12-13-2-3-16(28)8-13/h9-11,13,15-16H,2-8,12H2,1H3,(H,22,23)(H,24,26). The Kier molecular flexibility index (Phi) is 4.61. The third-order valence-corrected chi connectivity index (χ3v) is 8.37. The molecule has 2 unspecified atom stereocenters. The van der Waals surface area contributed by atoms with Gasteiger partial charge in [-0.1, -0.05) is 0 Å².